The Morgan fingerprint density at radius 2 is 2.00 bits per heavy atom. The minimum absolute atomic E-state index is 0.0233. The van der Waals surface area contributed by atoms with Gasteiger partial charge in [0.05, 0.1) is 18.9 Å². The zero-order valence-electron chi connectivity index (χ0n) is 13.9. The largest absolute Gasteiger partial charge is 0.497 e. The summed E-state index contributed by atoms with van der Waals surface area (Å²) in [6, 6.07) is 15.6. The summed E-state index contributed by atoms with van der Waals surface area (Å²) in [5, 5.41) is 3.82. The van der Waals surface area contributed by atoms with Crippen molar-refractivity contribution in [2.45, 2.75) is 25.1 Å². The Balaban J connectivity index is 1.82. The smallest absolute Gasteiger partial charge is 0.230 e. The molecule has 0 aliphatic rings. The number of carbonyl (C=O) groups excluding carboxylic acids is 1. The molecule has 0 bridgehead atoms. The summed E-state index contributed by atoms with van der Waals surface area (Å²) in [5.74, 6) is 2.06. The van der Waals surface area contributed by atoms with Crippen LogP contribution in [0.1, 0.15) is 30.5 Å². The van der Waals surface area contributed by atoms with Gasteiger partial charge in [-0.2, -0.15) is 0 Å². The molecule has 1 amide bonds. The van der Waals surface area contributed by atoms with Crippen LogP contribution in [0.5, 0.6) is 5.75 Å². The molecule has 0 aliphatic heterocycles. The summed E-state index contributed by atoms with van der Waals surface area (Å²) >= 11 is 7.55. The Hall–Kier alpha value is -1.65. The van der Waals surface area contributed by atoms with E-state index in [1.165, 1.54) is 0 Å². The maximum Gasteiger partial charge on any atom is 0.230 e. The highest BCUT2D eigenvalue weighted by molar-refractivity contribution is 7.99. The molecular formula is C19H22ClNO2S. The first-order chi connectivity index (χ1) is 11.6. The number of amides is 1. The third-order valence-electron chi connectivity index (χ3n) is 3.65. The molecule has 1 N–H and O–H groups in total. The van der Waals surface area contributed by atoms with Crippen molar-refractivity contribution in [2.24, 2.45) is 0 Å². The average Bonchev–Trinajstić information content (AvgIpc) is 2.60. The van der Waals surface area contributed by atoms with Crippen LogP contribution in [0.15, 0.2) is 48.5 Å². The lowest BCUT2D eigenvalue weighted by molar-refractivity contribution is -0.119. The molecule has 0 radical (unpaired) electrons. The van der Waals surface area contributed by atoms with Gasteiger partial charge in [0.15, 0.2) is 0 Å². The van der Waals surface area contributed by atoms with E-state index < -0.39 is 0 Å². The molecule has 2 aromatic carbocycles. The van der Waals surface area contributed by atoms with Crippen molar-refractivity contribution >= 4 is 29.3 Å². The summed E-state index contributed by atoms with van der Waals surface area (Å²) in [6.07, 6.45) is 0.844. The van der Waals surface area contributed by atoms with Crippen LogP contribution in [-0.2, 0) is 10.5 Å². The Labute approximate surface area is 152 Å². The fourth-order valence-electron chi connectivity index (χ4n) is 2.38. The van der Waals surface area contributed by atoms with Crippen LogP contribution in [-0.4, -0.2) is 18.8 Å². The van der Waals surface area contributed by atoms with E-state index in [9.17, 15) is 4.79 Å². The molecule has 2 aromatic rings. The number of rotatable bonds is 8. The van der Waals surface area contributed by atoms with Gasteiger partial charge in [0.25, 0.3) is 0 Å². The van der Waals surface area contributed by atoms with E-state index in [2.05, 4.69) is 12.2 Å². The Bertz CT molecular complexity index is 661. The zero-order chi connectivity index (χ0) is 17.4. The molecule has 0 spiro atoms. The molecule has 0 saturated heterocycles. The van der Waals surface area contributed by atoms with Gasteiger partial charge < -0.3 is 10.1 Å². The molecule has 5 heteroatoms. The average molecular weight is 364 g/mol. The number of hydrogen-bond donors (Lipinski definition) is 1. The van der Waals surface area contributed by atoms with Crippen molar-refractivity contribution in [3.63, 3.8) is 0 Å². The maximum atomic E-state index is 12.2. The van der Waals surface area contributed by atoms with Gasteiger partial charge in [-0.25, -0.2) is 0 Å². The molecule has 3 nitrogen and oxygen atoms in total. The standard InChI is InChI=1S/C19H22ClNO2S/c1-3-18(15-7-9-17(23-2)10-8-15)21-19(22)13-24-12-14-5-4-6-16(20)11-14/h4-11,18H,3,12-13H2,1-2H3,(H,21,22)/t18-/m1/s1. The van der Waals surface area contributed by atoms with Gasteiger partial charge in [-0.1, -0.05) is 42.8 Å². The fraction of sp³-hybridized carbons (Fsp3) is 0.316. The number of hydrogen-bond acceptors (Lipinski definition) is 3. The number of methoxy groups -OCH3 is 1. The number of carbonyl (C=O) groups is 1. The second-order valence-electron chi connectivity index (χ2n) is 5.42. The monoisotopic (exact) mass is 363 g/mol. The summed E-state index contributed by atoms with van der Waals surface area (Å²) in [6.45, 7) is 2.06. The van der Waals surface area contributed by atoms with E-state index in [0.717, 1.165) is 34.1 Å². The normalized spacial score (nSPS) is 11.8. The first kappa shape index (κ1) is 18.7. The molecule has 0 heterocycles. The molecule has 0 unspecified atom stereocenters. The van der Waals surface area contributed by atoms with Gasteiger partial charge in [0.1, 0.15) is 5.75 Å². The third-order valence-corrected chi connectivity index (χ3v) is 4.89. The quantitative estimate of drug-likeness (QED) is 0.728. The lowest BCUT2D eigenvalue weighted by Gasteiger charge is -2.17. The van der Waals surface area contributed by atoms with Crippen molar-refractivity contribution in [1.82, 2.24) is 5.32 Å². The van der Waals surface area contributed by atoms with Crippen molar-refractivity contribution in [3.8, 4) is 5.75 Å². The topological polar surface area (TPSA) is 38.3 Å². The van der Waals surface area contributed by atoms with Gasteiger partial charge >= 0.3 is 0 Å². The van der Waals surface area contributed by atoms with Crippen LogP contribution in [0.4, 0.5) is 0 Å². The van der Waals surface area contributed by atoms with E-state index in [1.54, 1.807) is 18.9 Å². The molecule has 1 atom stereocenters. The highest BCUT2D eigenvalue weighted by Crippen LogP contribution is 2.21. The minimum atomic E-state index is 0.0233. The van der Waals surface area contributed by atoms with E-state index >= 15 is 0 Å². The van der Waals surface area contributed by atoms with E-state index in [0.29, 0.717) is 5.75 Å². The van der Waals surface area contributed by atoms with Crippen LogP contribution in [0, 0.1) is 0 Å². The summed E-state index contributed by atoms with van der Waals surface area (Å²) in [5.41, 5.74) is 2.22. The first-order valence-electron chi connectivity index (χ1n) is 7.88. The van der Waals surface area contributed by atoms with Gasteiger partial charge in [0.2, 0.25) is 5.91 Å². The summed E-state index contributed by atoms with van der Waals surface area (Å²) < 4.78 is 5.17. The minimum Gasteiger partial charge on any atom is -0.497 e. The fourth-order valence-corrected chi connectivity index (χ4v) is 3.38. The number of benzene rings is 2. The number of thioether (sulfide) groups is 1. The van der Waals surface area contributed by atoms with Crippen LogP contribution >= 0.6 is 23.4 Å². The highest BCUT2D eigenvalue weighted by Gasteiger charge is 2.12. The van der Waals surface area contributed by atoms with E-state index in [-0.39, 0.29) is 11.9 Å². The first-order valence-corrected chi connectivity index (χ1v) is 9.41. The van der Waals surface area contributed by atoms with Gasteiger partial charge in [-0.05, 0) is 41.8 Å². The van der Waals surface area contributed by atoms with Crippen LogP contribution in [0.2, 0.25) is 5.02 Å². The van der Waals surface area contributed by atoms with Crippen molar-refractivity contribution in [1.29, 1.82) is 0 Å². The number of nitrogens with one attached hydrogen (secondary N) is 1. The van der Waals surface area contributed by atoms with Crippen LogP contribution < -0.4 is 10.1 Å². The lowest BCUT2D eigenvalue weighted by Crippen LogP contribution is -2.29. The molecule has 2 rings (SSSR count). The second kappa shape index (κ2) is 9.60. The highest BCUT2D eigenvalue weighted by atomic mass is 35.5. The SMILES string of the molecule is CC[C@@H](NC(=O)CSCc1cccc(Cl)c1)c1ccc(OC)cc1. The van der Waals surface area contributed by atoms with Crippen LogP contribution in [0.3, 0.4) is 0 Å². The molecular weight excluding hydrogens is 342 g/mol. The Kier molecular flexibility index (Phi) is 7.47. The summed E-state index contributed by atoms with van der Waals surface area (Å²) in [4.78, 5) is 12.2. The van der Waals surface area contributed by atoms with Crippen molar-refractivity contribution in [3.05, 3.63) is 64.7 Å². The predicted octanol–water partition coefficient (Wildman–Crippen LogP) is 4.85. The van der Waals surface area contributed by atoms with Crippen LogP contribution in [0.25, 0.3) is 0 Å². The molecule has 0 saturated carbocycles. The van der Waals surface area contributed by atoms with E-state index in [1.807, 2.05) is 48.5 Å². The molecule has 0 aromatic heterocycles. The molecule has 0 fully saturated rings. The molecule has 24 heavy (non-hydrogen) atoms. The maximum absolute atomic E-state index is 12.2. The summed E-state index contributed by atoms with van der Waals surface area (Å²) in [7, 11) is 1.64. The third kappa shape index (κ3) is 5.77. The van der Waals surface area contributed by atoms with E-state index in [4.69, 9.17) is 16.3 Å². The van der Waals surface area contributed by atoms with Gasteiger partial charge in [-0.15, -0.1) is 11.8 Å². The zero-order valence-corrected chi connectivity index (χ0v) is 15.5. The predicted molar refractivity (Wildman–Crippen MR) is 102 cm³/mol. The number of ether oxygens (including phenoxy) is 1. The molecule has 0 aliphatic carbocycles. The number of halogens is 1. The van der Waals surface area contributed by atoms with Crippen molar-refractivity contribution < 1.29 is 9.53 Å². The Morgan fingerprint density at radius 1 is 1.25 bits per heavy atom. The second-order valence-corrected chi connectivity index (χ2v) is 6.85. The van der Waals surface area contributed by atoms with Gasteiger partial charge in [-0.3, -0.25) is 4.79 Å². The Morgan fingerprint density at radius 3 is 2.62 bits per heavy atom. The lowest BCUT2D eigenvalue weighted by atomic mass is 10.0. The van der Waals surface area contributed by atoms with Crippen molar-refractivity contribution in [2.75, 3.05) is 12.9 Å². The van der Waals surface area contributed by atoms with Gasteiger partial charge in [0, 0.05) is 10.8 Å². The molecule has 128 valence electrons.